The first kappa shape index (κ1) is 77.6. The molecule has 0 radical (unpaired) electrons. The van der Waals surface area contributed by atoms with Crippen LogP contribution in [0.2, 0.25) is 0 Å². The van der Waals surface area contributed by atoms with Crippen molar-refractivity contribution in [1.82, 2.24) is 5.32 Å². The molecule has 0 saturated heterocycles. The van der Waals surface area contributed by atoms with Gasteiger partial charge in [0, 0.05) is 12.8 Å². The largest absolute Gasteiger partial charge is 0.466 e. The molecule has 0 aromatic heterocycles. The maximum atomic E-state index is 12.5. The molecule has 0 aromatic rings. The van der Waals surface area contributed by atoms with Crippen LogP contribution in [0.25, 0.3) is 0 Å². The van der Waals surface area contributed by atoms with Crippen LogP contribution in [0, 0.1) is 0 Å². The molecule has 0 fully saturated rings. The molecule has 0 aliphatic heterocycles. The fraction of sp³-hybridized carbons (Fsp3) is 0.945. The molecule has 0 rings (SSSR count). The van der Waals surface area contributed by atoms with E-state index in [1.807, 2.05) is 0 Å². The van der Waals surface area contributed by atoms with E-state index in [-0.39, 0.29) is 18.5 Å². The van der Waals surface area contributed by atoms with Crippen LogP contribution >= 0.6 is 0 Å². The SMILES string of the molecule is CCCCC/C=C\CCCCCCCC(=O)OCCCCCCCCCCCCCCCCCCCCCCCCCCCCCCCCCCCCCCCCCC(=O)NC(CO)C(O)CCCCCCCCCCCCC. The Hall–Kier alpha value is -1.40. The predicted octanol–water partition coefficient (Wildman–Crippen LogP) is 23.5. The van der Waals surface area contributed by atoms with Crippen molar-refractivity contribution in [1.29, 1.82) is 0 Å². The van der Waals surface area contributed by atoms with E-state index in [0.29, 0.717) is 25.9 Å². The van der Waals surface area contributed by atoms with Gasteiger partial charge >= 0.3 is 5.97 Å². The molecule has 0 saturated carbocycles. The Balaban J connectivity index is 3.26. The summed E-state index contributed by atoms with van der Waals surface area (Å²) in [6.07, 6.45) is 85.9. The lowest BCUT2D eigenvalue weighted by Crippen LogP contribution is -2.45. The molecular weight excluding hydrogens is 971 g/mol. The fourth-order valence-electron chi connectivity index (χ4n) is 11.8. The number of amides is 1. The third-order valence-corrected chi connectivity index (χ3v) is 17.3. The highest BCUT2D eigenvalue weighted by atomic mass is 16.5. The maximum Gasteiger partial charge on any atom is 0.305 e. The van der Waals surface area contributed by atoms with Crippen molar-refractivity contribution in [3.8, 4) is 0 Å². The molecule has 6 nitrogen and oxygen atoms in total. The van der Waals surface area contributed by atoms with E-state index in [4.69, 9.17) is 4.74 Å². The number of unbranched alkanes of at least 4 members (excludes halogenated alkanes) is 56. The van der Waals surface area contributed by atoms with Crippen molar-refractivity contribution in [3.05, 3.63) is 12.2 Å². The van der Waals surface area contributed by atoms with Crippen molar-refractivity contribution in [3.63, 3.8) is 0 Å². The van der Waals surface area contributed by atoms with E-state index in [0.717, 1.165) is 44.9 Å². The van der Waals surface area contributed by atoms with Gasteiger partial charge in [-0.3, -0.25) is 9.59 Å². The van der Waals surface area contributed by atoms with Crippen molar-refractivity contribution < 1.29 is 24.5 Å². The van der Waals surface area contributed by atoms with Gasteiger partial charge < -0.3 is 20.3 Å². The summed E-state index contributed by atoms with van der Waals surface area (Å²) in [6, 6.07) is -0.534. The molecule has 0 spiro atoms. The Morgan fingerprint density at radius 1 is 0.342 bits per heavy atom. The zero-order valence-corrected chi connectivity index (χ0v) is 53.9. The lowest BCUT2D eigenvalue weighted by atomic mass is 10.0. The van der Waals surface area contributed by atoms with E-state index >= 15 is 0 Å². The van der Waals surface area contributed by atoms with Gasteiger partial charge in [-0.05, 0) is 51.4 Å². The van der Waals surface area contributed by atoms with Gasteiger partial charge in [0.05, 0.1) is 25.4 Å². The van der Waals surface area contributed by atoms with Gasteiger partial charge in [-0.15, -0.1) is 0 Å². The Kier molecular flexibility index (Phi) is 67.9. The van der Waals surface area contributed by atoms with E-state index in [1.165, 1.54) is 340 Å². The topological polar surface area (TPSA) is 95.9 Å². The number of hydrogen-bond donors (Lipinski definition) is 3. The summed E-state index contributed by atoms with van der Waals surface area (Å²) in [7, 11) is 0. The molecule has 0 bridgehead atoms. The van der Waals surface area contributed by atoms with Crippen LogP contribution in [-0.4, -0.2) is 47.4 Å². The highest BCUT2D eigenvalue weighted by molar-refractivity contribution is 5.76. The number of ether oxygens (including phenoxy) is 1. The fourth-order valence-corrected chi connectivity index (χ4v) is 11.8. The maximum absolute atomic E-state index is 12.5. The van der Waals surface area contributed by atoms with Crippen LogP contribution in [0.1, 0.15) is 418 Å². The summed E-state index contributed by atoms with van der Waals surface area (Å²) < 4.78 is 5.48. The zero-order chi connectivity index (χ0) is 57.1. The van der Waals surface area contributed by atoms with Crippen LogP contribution in [0.4, 0.5) is 0 Å². The molecule has 1 amide bonds. The minimum atomic E-state index is -0.657. The summed E-state index contributed by atoms with van der Waals surface area (Å²) in [6.45, 7) is 4.95. The van der Waals surface area contributed by atoms with Gasteiger partial charge in [0.2, 0.25) is 5.91 Å². The second kappa shape index (κ2) is 69.1. The van der Waals surface area contributed by atoms with Crippen molar-refractivity contribution in [2.45, 2.75) is 431 Å². The molecular formula is C73H143NO5. The average Bonchev–Trinajstić information content (AvgIpc) is 3.45. The molecule has 0 heterocycles. The second-order valence-electron chi connectivity index (χ2n) is 25.3. The van der Waals surface area contributed by atoms with Crippen molar-refractivity contribution in [2.24, 2.45) is 0 Å². The minimum Gasteiger partial charge on any atom is -0.466 e. The molecule has 2 atom stereocenters. The quantitative estimate of drug-likeness (QED) is 0.0320. The molecule has 79 heavy (non-hydrogen) atoms. The molecule has 0 aromatic carbocycles. The summed E-state index contributed by atoms with van der Waals surface area (Å²) in [5.74, 6) is -0.0129. The van der Waals surface area contributed by atoms with E-state index in [9.17, 15) is 19.8 Å². The normalized spacial score (nSPS) is 12.5. The number of carbonyl (C=O) groups is 2. The first-order chi connectivity index (χ1) is 39.0. The highest BCUT2D eigenvalue weighted by Crippen LogP contribution is 2.20. The average molecular weight is 1110 g/mol. The number of nitrogens with one attached hydrogen (secondary N) is 1. The molecule has 0 aliphatic rings. The van der Waals surface area contributed by atoms with Crippen LogP contribution in [0.3, 0.4) is 0 Å². The number of carbonyl (C=O) groups excluding carboxylic acids is 2. The van der Waals surface area contributed by atoms with Crippen molar-refractivity contribution in [2.75, 3.05) is 13.2 Å². The van der Waals surface area contributed by atoms with Gasteiger partial charge in [-0.1, -0.05) is 366 Å². The standard InChI is InChI=1S/C73H143NO5/c1-3-5-7-9-11-13-15-47-51-55-59-63-67-73(78)79-68-64-60-56-52-48-44-42-40-38-36-34-32-30-28-26-24-22-20-18-16-17-19-21-23-25-27-29-31-33-35-37-39-41-43-46-50-54-58-62-66-72(77)74-70(69-75)71(76)65-61-57-53-49-45-14-12-10-8-6-4-2/h11,13,70-71,75-76H,3-10,12,14-69H2,1-2H3,(H,74,77)/b13-11-. The van der Waals surface area contributed by atoms with Gasteiger partial charge in [-0.25, -0.2) is 0 Å². The number of hydrogen-bond acceptors (Lipinski definition) is 5. The Morgan fingerprint density at radius 3 is 0.924 bits per heavy atom. The predicted molar refractivity (Wildman–Crippen MR) is 347 cm³/mol. The Bertz CT molecular complexity index is 1190. The zero-order valence-electron chi connectivity index (χ0n) is 53.9. The summed E-state index contributed by atoms with van der Waals surface area (Å²) in [5, 5.41) is 23.2. The van der Waals surface area contributed by atoms with Gasteiger partial charge in [0.1, 0.15) is 0 Å². The number of aliphatic hydroxyl groups excluding tert-OH is 2. The third-order valence-electron chi connectivity index (χ3n) is 17.3. The van der Waals surface area contributed by atoms with E-state index in [1.54, 1.807) is 0 Å². The smallest absolute Gasteiger partial charge is 0.305 e. The molecule has 0 aliphatic carbocycles. The van der Waals surface area contributed by atoms with Crippen LogP contribution in [-0.2, 0) is 14.3 Å². The van der Waals surface area contributed by atoms with Gasteiger partial charge in [0.25, 0.3) is 0 Å². The lowest BCUT2D eigenvalue weighted by Gasteiger charge is -2.22. The first-order valence-electron chi connectivity index (χ1n) is 36.4. The van der Waals surface area contributed by atoms with E-state index in [2.05, 4.69) is 31.3 Å². The van der Waals surface area contributed by atoms with Gasteiger partial charge in [0.15, 0.2) is 0 Å². The third kappa shape index (κ3) is 65.6. The Labute approximate surface area is 495 Å². The summed E-state index contributed by atoms with van der Waals surface area (Å²) >= 11 is 0. The molecule has 3 N–H and O–H groups in total. The Morgan fingerprint density at radius 2 is 0.595 bits per heavy atom. The summed E-state index contributed by atoms with van der Waals surface area (Å²) in [4.78, 5) is 24.5. The molecule has 2 unspecified atom stereocenters. The van der Waals surface area contributed by atoms with Crippen LogP contribution in [0.5, 0.6) is 0 Å². The molecule has 470 valence electrons. The second-order valence-corrected chi connectivity index (χ2v) is 25.3. The van der Waals surface area contributed by atoms with Crippen molar-refractivity contribution >= 4 is 11.9 Å². The highest BCUT2D eigenvalue weighted by Gasteiger charge is 2.20. The summed E-state index contributed by atoms with van der Waals surface area (Å²) in [5.41, 5.74) is 0. The monoisotopic (exact) mass is 1110 g/mol. The minimum absolute atomic E-state index is 0.0145. The number of aliphatic hydroxyl groups is 2. The van der Waals surface area contributed by atoms with Gasteiger partial charge in [-0.2, -0.15) is 0 Å². The first-order valence-corrected chi connectivity index (χ1v) is 36.4. The van der Waals surface area contributed by atoms with Crippen LogP contribution in [0.15, 0.2) is 12.2 Å². The molecule has 6 heteroatoms. The van der Waals surface area contributed by atoms with E-state index < -0.39 is 12.1 Å². The lowest BCUT2D eigenvalue weighted by molar-refractivity contribution is -0.143. The van der Waals surface area contributed by atoms with Crippen LogP contribution < -0.4 is 5.32 Å². The number of allylic oxidation sites excluding steroid dienone is 2. The number of rotatable bonds is 69. The number of esters is 1.